The van der Waals surface area contributed by atoms with E-state index in [0.717, 1.165) is 18.9 Å². The van der Waals surface area contributed by atoms with Crippen molar-refractivity contribution in [2.75, 3.05) is 24.6 Å². The van der Waals surface area contributed by atoms with E-state index in [2.05, 4.69) is 10.3 Å². The second-order valence-electron chi connectivity index (χ2n) is 7.53. The molecular formula is C20H23FN4O4. The molecule has 29 heavy (non-hydrogen) atoms. The second kappa shape index (κ2) is 7.46. The summed E-state index contributed by atoms with van der Waals surface area (Å²) in [5, 5.41) is 2.91. The van der Waals surface area contributed by atoms with Gasteiger partial charge in [-0.25, -0.2) is 14.2 Å². The number of amides is 1. The van der Waals surface area contributed by atoms with E-state index in [4.69, 9.17) is 4.74 Å². The lowest BCUT2D eigenvalue weighted by Gasteiger charge is -2.20. The van der Waals surface area contributed by atoms with Gasteiger partial charge in [0, 0.05) is 38.3 Å². The molecule has 1 amide bonds. The van der Waals surface area contributed by atoms with Gasteiger partial charge in [0.25, 0.3) is 0 Å². The Morgan fingerprint density at radius 3 is 2.76 bits per heavy atom. The number of ether oxygens (including phenoxy) is 1. The molecule has 0 radical (unpaired) electrons. The minimum atomic E-state index is -0.712. The van der Waals surface area contributed by atoms with E-state index < -0.39 is 17.2 Å². The van der Waals surface area contributed by atoms with Crippen LogP contribution in [0.25, 0.3) is 11.0 Å². The Balaban J connectivity index is 1.78. The maximum atomic E-state index is 14.9. The van der Waals surface area contributed by atoms with E-state index in [1.807, 2.05) is 0 Å². The highest BCUT2D eigenvalue weighted by atomic mass is 19.1. The van der Waals surface area contributed by atoms with E-state index in [1.165, 1.54) is 13.1 Å². The number of rotatable bonds is 5. The normalized spacial score (nSPS) is 18.9. The Morgan fingerprint density at radius 2 is 2.10 bits per heavy atom. The van der Waals surface area contributed by atoms with Crippen molar-refractivity contribution < 1.29 is 18.7 Å². The monoisotopic (exact) mass is 402 g/mol. The Labute approximate surface area is 166 Å². The van der Waals surface area contributed by atoms with Gasteiger partial charge in [0.2, 0.25) is 11.3 Å². The van der Waals surface area contributed by atoms with Gasteiger partial charge in [0.05, 0.1) is 12.0 Å². The molecule has 1 saturated carbocycles. The Bertz CT molecular complexity index is 1050. The lowest BCUT2D eigenvalue weighted by Crippen LogP contribution is -2.36. The summed E-state index contributed by atoms with van der Waals surface area (Å²) in [7, 11) is 0. The molecule has 1 saturated heterocycles. The average molecular weight is 402 g/mol. The van der Waals surface area contributed by atoms with E-state index >= 15 is 0 Å². The van der Waals surface area contributed by atoms with Crippen molar-refractivity contribution in [3.8, 4) is 0 Å². The molecule has 1 N–H and O–H groups in total. The van der Waals surface area contributed by atoms with Crippen LogP contribution in [0.15, 0.2) is 17.1 Å². The fourth-order valence-corrected chi connectivity index (χ4v) is 3.80. The molecule has 8 nitrogen and oxygen atoms in total. The predicted molar refractivity (Wildman–Crippen MR) is 105 cm³/mol. The standard InChI is InChI=1S/C20H23FN4O4/c1-3-29-20(28)15-10-25(13-4-5-13)18-14(17(15)27)8-16(21)19(23-18)24-7-6-12(9-24)22-11(2)26/h8,10,12-13H,3-7,9H2,1-2H3,(H,22,26). The van der Waals surface area contributed by atoms with Crippen LogP contribution in [0, 0.1) is 5.82 Å². The number of hydrogen-bond donors (Lipinski definition) is 1. The number of anilines is 1. The van der Waals surface area contributed by atoms with Gasteiger partial charge in [-0.1, -0.05) is 0 Å². The quantitative estimate of drug-likeness (QED) is 0.766. The number of nitrogens with zero attached hydrogens (tertiary/aromatic N) is 3. The number of nitrogens with one attached hydrogen (secondary N) is 1. The third kappa shape index (κ3) is 3.68. The number of fused-ring (bicyclic) bond motifs is 1. The minimum absolute atomic E-state index is 0.0683. The van der Waals surface area contributed by atoms with E-state index in [9.17, 15) is 18.8 Å². The van der Waals surface area contributed by atoms with Gasteiger partial charge in [-0.05, 0) is 32.3 Å². The number of aromatic nitrogens is 2. The van der Waals surface area contributed by atoms with Crippen LogP contribution in [-0.4, -0.2) is 47.2 Å². The lowest BCUT2D eigenvalue weighted by molar-refractivity contribution is -0.119. The zero-order chi connectivity index (χ0) is 20.7. The summed E-state index contributed by atoms with van der Waals surface area (Å²) >= 11 is 0. The first kappa shape index (κ1) is 19.4. The first-order valence-electron chi connectivity index (χ1n) is 9.83. The summed E-state index contributed by atoms with van der Waals surface area (Å²) in [4.78, 5) is 42.6. The number of esters is 1. The van der Waals surface area contributed by atoms with Crippen LogP contribution in [0.3, 0.4) is 0 Å². The molecule has 2 aromatic rings. The van der Waals surface area contributed by atoms with Gasteiger partial charge in [0.15, 0.2) is 11.6 Å². The molecule has 0 bridgehead atoms. The molecule has 0 spiro atoms. The average Bonchev–Trinajstić information content (AvgIpc) is 3.41. The predicted octanol–water partition coefficient (Wildman–Crippen LogP) is 1.76. The highest BCUT2D eigenvalue weighted by Gasteiger charge is 2.31. The highest BCUT2D eigenvalue weighted by molar-refractivity contribution is 5.93. The molecule has 9 heteroatoms. The number of carbonyl (C=O) groups excluding carboxylic acids is 2. The number of carbonyl (C=O) groups is 2. The third-order valence-electron chi connectivity index (χ3n) is 5.27. The maximum Gasteiger partial charge on any atom is 0.343 e. The van der Waals surface area contributed by atoms with Gasteiger partial charge in [-0.3, -0.25) is 9.59 Å². The van der Waals surface area contributed by atoms with Crippen molar-refractivity contribution in [2.24, 2.45) is 0 Å². The number of pyridine rings is 2. The smallest absolute Gasteiger partial charge is 0.343 e. The topological polar surface area (TPSA) is 93.5 Å². The van der Waals surface area contributed by atoms with E-state index in [0.29, 0.717) is 25.2 Å². The summed E-state index contributed by atoms with van der Waals surface area (Å²) in [5.74, 6) is -1.31. The Morgan fingerprint density at radius 1 is 1.34 bits per heavy atom. The van der Waals surface area contributed by atoms with Crippen molar-refractivity contribution in [1.29, 1.82) is 0 Å². The lowest BCUT2D eigenvalue weighted by atomic mass is 10.2. The minimum Gasteiger partial charge on any atom is -0.462 e. The van der Waals surface area contributed by atoms with Gasteiger partial charge in [-0.15, -0.1) is 0 Å². The van der Waals surface area contributed by atoms with E-state index in [1.54, 1.807) is 16.4 Å². The summed E-state index contributed by atoms with van der Waals surface area (Å²) in [6.07, 6.45) is 3.99. The fraction of sp³-hybridized carbons (Fsp3) is 0.500. The first-order chi connectivity index (χ1) is 13.9. The molecule has 2 aromatic heterocycles. The summed E-state index contributed by atoms with van der Waals surface area (Å²) in [5.41, 5.74) is -0.317. The Hall–Kier alpha value is -2.97. The number of halogens is 1. The molecule has 154 valence electrons. The fourth-order valence-electron chi connectivity index (χ4n) is 3.80. The van der Waals surface area contributed by atoms with Crippen LogP contribution in [0.1, 0.15) is 49.5 Å². The molecule has 3 heterocycles. The van der Waals surface area contributed by atoms with Crippen LogP contribution in [0.4, 0.5) is 10.2 Å². The summed E-state index contributed by atoms with van der Waals surface area (Å²) in [6.45, 7) is 4.26. The summed E-state index contributed by atoms with van der Waals surface area (Å²) in [6, 6.07) is 1.22. The maximum absolute atomic E-state index is 14.9. The van der Waals surface area contributed by atoms with Gasteiger partial charge >= 0.3 is 5.97 Å². The number of hydrogen-bond acceptors (Lipinski definition) is 6. The van der Waals surface area contributed by atoms with E-state index in [-0.39, 0.29) is 41.4 Å². The highest BCUT2D eigenvalue weighted by Crippen LogP contribution is 2.37. The molecular weight excluding hydrogens is 379 g/mol. The molecule has 1 unspecified atom stereocenters. The molecule has 1 aliphatic heterocycles. The molecule has 2 fully saturated rings. The van der Waals surface area contributed by atoms with Gasteiger partial charge in [-0.2, -0.15) is 0 Å². The van der Waals surface area contributed by atoms with Crippen LogP contribution in [-0.2, 0) is 9.53 Å². The zero-order valence-corrected chi connectivity index (χ0v) is 16.4. The van der Waals surface area contributed by atoms with Crippen molar-refractivity contribution in [3.63, 3.8) is 0 Å². The largest absolute Gasteiger partial charge is 0.462 e. The Kier molecular flexibility index (Phi) is 4.97. The molecule has 0 aromatic carbocycles. The van der Waals surface area contributed by atoms with Crippen LogP contribution >= 0.6 is 0 Å². The molecule has 4 rings (SSSR count). The molecule has 1 atom stereocenters. The zero-order valence-electron chi connectivity index (χ0n) is 16.4. The molecule has 2 aliphatic rings. The van der Waals surface area contributed by atoms with Gasteiger partial charge < -0.3 is 19.5 Å². The summed E-state index contributed by atoms with van der Waals surface area (Å²) < 4.78 is 21.7. The SMILES string of the molecule is CCOC(=O)c1cn(C2CC2)c2nc(N3CCC(NC(C)=O)C3)c(F)cc2c1=O. The molecule has 1 aliphatic carbocycles. The van der Waals surface area contributed by atoms with Crippen molar-refractivity contribution in [3.05, 3.63) is 33.9 Å². The third-order valence-corrected chi connectivity index (χ3v) is 5.27. The van der Waals surface area contributed by atoms with Crippen molar-refractivity contribution in [1.82, 2.24) is 14.9 Å². The van der Waals surface area contributed by atoms with Crippen molar-refractivity contribution >= 4 is 28.7 Å². The van der Waals surface area contributed by atoms with Crippen LogP contribution in [0.2, 0.25) is 0 Å². The van der Waals surface area contributed by atoms with Crippen LogP contribution in [0.5, 0.6) is 0 Å². The van der Waals surface area contributed by atoms with Gasteiger partial charge in [0.1, 0.15) is 11.2 Å². The van der Waals surface area contributed by atoms with Crippen molar-refractivity contribution in [2.45, 2.75) is 45.2 Å². The van der Waals surface area contributed by atoms with Crippen LogP contribution < -0.4 is 15.6 Å². The first-order valence-corrected chi connectivity index (χ1v) is 9.83. The second-order valence-corrected chi connectivity index (χ2v) is 7.53.